The zero-order chi connectivity index (χ0) is 11.8. The summed E-state index contributed by atoms with van der Waals surface area (Å²) in [6, 6.07) is 0. The van der Waals surface area contributed by atoms with E-state index >= 15 is 0 Å². The SMILES string of the molecule is C=C(C)C1=CC=CC(C)C=C1SC.CC. The highest BCUT2D eigenvalue weighted by Crippen LogP contribution is 2.29. The van der Waals surface area contributed by atoms with Crippen LogP contribution in [0.5, 0.6) is 0 Å². The molecule has 0 aromatic rings. The van der Waals surface area contributed by atoms with E-state index in [0.29, 0.717) is 5.92 Å². The van der Waals surface area contributed by atoms with Gasteiger partial charge in [0.1, 0.15) is 0 Å². The van der Waals surface area contributed by atoms with Crippen molar-refractivity contribution in [1.82, 2.24) is 0 Å². The van der Waals surface area contributed by atoms with E-state index in [2.05, 4.69) is 51.0 Å². The highest BCUT2D eigenvalue weighted by molar-refractivity contribution is 8.02. The van der Waals surface area contributed by atoms with Crippen molar-refractivity contribution in [3.05, 3.63) is 46.9 Å². The largest absolute Gasteiger partial charge is 0.129 e. The fourth-order valence-electron chi connectivity index (χ4n) is 1.32. The summed E-state index contributed by atoms with van der Waals surface area (Å²) in [6.45, 7) is 12.2. The second kappa shape index (κ2) is 7.58. The molecule has 1 heteroatoms. The monoisotopic (exact) mass is 222 g/mol. The summed E-state index contributed by atoms with van der Waals surface area (Å²) in [5, 5.41) is 0. The quantitative estimate of drug-likeness (QED) is 0.636. The van der Waals surface area contributed by atoms with E-state index in [9.17, 15) is 0 Å². The summed E-state index contributed by atoms with van der Waals surface area (Å²) < 4.78 is 0. The average molecular weight is 222 g/mol. The van der Waals surface area contributed by atoms with E-state index in [1.165, 1.54) is 10.5 Å². The number of hydrogen-bond donors (Lipinski definition) is 0. The third-order valence-corrected chi connectivity index (χ3v) is 2.83. The lowest BCUT2D eigenvalue weighted by molar-refractivity contribution is 0.940. The number of allylic oxidation sites excluding steroid dienone is 6. The summed E-state index contributed by atoms with van der Waals surface area (Å²) in [7, 11) is 0. The van der Waals surface area contributed by atoms with Gasteiger partial charge in [0.05, 0.1) is 0 Å². The lowest BCUT2D eigenvalue weighted by Crippen LogP contribution is -1.88. The summed E-state index contributed by atoms with van der Waals surface area (Å²) in [4.78, 5) is 1.34. The first-order valence-corrected chi connectivity index (χ1v) is 6.68. The minimum absolute atomic E-state index is 0.524. The van der Waals surface area contributed by atoms with Gasteiger partial charge in [-0.05, 0) is 30.2 Å². The lowest BCUT2D eigenvalue weighted by atomic mass is 10.1. The number of thioether (sulfide) groups is 1. The number of hydrogen-bond acceptors (Lipinski definition) is 1. The average Bonchev–Trinajstić information content (AvgIpc) is 2.42. The molecule has 0 bridgehead atoms. The molecule has 0 heterocycles. The fraction of sp³-hybridized carbons (Fsp3) is 0.429. The van der Waals surface area contributed by atoms with Crippen molar-refractivity contribution in [1.29, 1.82) is 0 Å². The molecule has 0 aromatic heterocycles. The van der Waals surface area contributed by atoms with Crippen molar-refractivity contribution < 1.29 is 0 Å². The first-order valence-electron chi connectivity index (χ1n) is 5.45. The van der Waals surface area contributed by atoms with Gasteiger partial charge < -0.3 is 0 Å². The molecule has 0 nitrogen and oxygen atoms in total. The predicted octanol–water partition coefficient (Wildman–Crippen LogP) is 4.97. The van der Waals surface area contributed by atoms with Crippen LogP contribution in [0, 0.1) is 5.92 Å². The molecule has 1 aliphatic rings. The molecule has 1 unspecified atom stereocenters. The molecule has 0 fully saturated rings. The Hall–Kier alpha value is -0.690. The molecule has 0 radical (unpaired) electrons. The zero-order valence-electron chi connectivity index (χ0n) is 10.5. The van der Waals surface area contributed by atoms with Crippen molar-refractivity contribution >= 4 is 11.8 Å². The highest BCUT2D eigenvalue weighted by Gasteiger charge is 2.07. The van der Waals surface area contributed by atoms with E-state index in [0.717, 1.165) is 5.57 Å². The van der Waals surface area contributed by atoms with Crippen LogP contribution in [0.4, 0.5) is 0 Å². The second-order valence-electron chi connectivity index (χ2n) is 3.34. The maximum absolute atomic E-state index is 3.99. The molecule has 1 aliphatic carbocycles. The van der Waals surface area contributed by atoms with Crippen LogP contribution in [0.25, 0.3) is 0 Å². The maximum Gasteiger partial charge on any atom is 0.0110 e. The molecular weight excluding hydrogens is 200 g/mol. The summed E-state index contributed by atoms with van der Waals surface area (Å²) >= 11 is 1.79. The van der Waals surface area contributed by atoms with E-state index in [1.54, 1.807) is 11.8 Å². The standard InChI is InChI=1S/C12H16S.C2H6/c1-9(2)11-7-5-6-10(3)8-12(11)13-4;1-2/h5-8,10H,1H2,2-4H3;1-2H3. The zero-order valence-corrected chi connectivity index (χ0v) is 11.3. The third kappa shape index (κ3) is 4.57. The maximum atomic E-state index is 3.99. The predicted molar refractivity (Wildman–Crippen MR) is 74.1 cm³/mol. The minimum atomic E-state index is 0.524. The van der Waals surface area contributed by atoms with Gasteiger partial charge in [0.15, 0.2) is 0 Å². The Kier molecular flexibility index (Phi) is 7.23. The van der Waals surface area contributed by atoms with E-state index in [4.69, 9.17) is 0 Å². The first-order chi connectivity index (χ1) is 7.15. The Bertz CT molecular complexity index is 292. The second-order valence-corrected chi connectivity index (χ2v) is 4.19. The molecule has 0 spiro atoms. The molecule has 1 rings (SSSR count). The van der Waals surface area contributed by atoms with Gasteiger partial charge in [-0.25, -0.2) is 0 Å². The Morgan fingerprint density at radius 2 is 2.00 bits per heavy atom. The first kappa shape index (κ1) is 14.3. The van der Waals surface area contributed by atoms with Gasteiger partial charge in [0.25, 0.3) is 0 Å². The molecule has 15 heavy (non-hydrogen) atoms. The van der Waals surface area contributed by atoms with Gasteiger partial charge >= 0.3 is 0 Å². The minimum Gasteiger partial charge on any atom is -0.129 e. The molecule has 1 atom stereocenters. The van der Waals surface area contributed by atoms with Crippen LogP contribution in [0.3, 0.4) is 0 Å². The van der Waals surface area contributed by atoms with Gasteiger partial charge in [0.2, 0.25) is 0 Å². The van der Waals surface area contributed by atoms with Crippen molar-refractivity contribution in [3.63, 3.8) is 0 Å². The van der Waals surface area contributed by atoms with E-state index < -0.39 is 0 Å². The van der Waals surface area contributed by atoms with Gasteiger partial charge in [-0.1, -0.05) is 51.7 Å². The Labute approximate surface area is 98.8 Å². The summed E-state index contributed by atoms with van der Waals surface area (Å²) in [6.07, 6.45) is 10.9. The van der Waals surface area contributed by atoms with Crippen LogP contribution in [-0.4, -0.2) is 6.26 Å². The van der Waals surface area contributed by atoms with Crippen LogP contribution < -0.4 is 0 Å². The van der Waals surface area contributed by atoms with Gasteiger partial charge in [-0.3, -0.25) is 0 Å². The highest BCUT2D eigenvalue weighted by atomic mass is 32.2. The number of rotatable bonds is 2. The van der Waals surface area contributed by atoms with Gasteiger partial charge in [-0.15, -0.1) is 11.8 Å². The molecule has 0 aliphatic heterocycles. The van der Waals surface area contributed by atoms with Crippen LogP contribution in [0.15, 0.2) is 46.9 Å². The lowest BCUT2D eigenvalue weighted by Gasteiger charge is -2.08. The topological polar surface area (TPSA) is 0 Å². The van der Waals surface area contributed by atoms with Crippen LogP contribution in [0.1, 0.15) is 27.7 Å². The molecule has 0 N–H and O–H groups in total. The Balaban J connectivity index is 0.000000921. The van der Waals surface area contributed by atoms with Crippen molar-refractivity contribution in [3.8, 4) is 0 Å². The molecule has 0 saturated carbocycles. The van der Waals surface area contributed by atoms with Crippen LogP contribution in [-0.2, 0) is 0 Å². The van der Waals surface area contributed by atoms with E-state index in [-0.39, 0.29) is 0 Å². The summed E-state index contributed by atoms with van der Waals surface area (Å²) in [5.41, 5.74) is 2.41. The molecular formula is C14H22S. The van der Waals surface area contributed by atoms with Crippen molar-refractivity contribution in [2.45, 2.75) is 27.7 Å². The van der Waals surface area contributed by atoms with Crippen LogP contribution >= 0.6 is 11.8 Å². The van der Waals surface area contributed by atoms with Crippen LogP contribution in [0.2, 0.25) is 0 Å². The van der Waals surface area contributed by atoms with Crippen molar-refractivity contribution in [2.75, 3.05) is 6.26 Å². The smallest absolute Gasteiger partial charge is 0.0110 e. The van der Waals surface area contributed by atoms with Gasteiger partial charge in [0, 0.05) is 4.91 Å². The van der Waals surface area contributed by atoms with Gasteiger partial charge in [-0.2, -0.15) is 0 Å². The third-order valence-electron chi connectivity index (χ3n) is 2.04. The van der Waals surface area contributed by atoms with E-state index in [1.807, 2.05) is 13.8 Å². The fourth-order valence-corrected chi connectivity index (χ4v) is 2.14. The normalized spacial score (nSPS) is 19.4. The molecule has 84 valence electrons. The molecule has 0 amide bonds. The molecule has 0 aromatic carbocycles. The summed E-state index contributed by atoms with van der Waals surface area (Å²) in [5.74, 6) is 0.524. The Morgan fingerprint density at radius 3 is 2.47 bits per heavy atom. The Morgan fingerprint density at radius 1 is 1.40 bits per heavy atom. The molecule has 0 saturated heterocycles. The van der Waals surface area contributed by atoms with Crippen molar-refractivity contribution in [2.24, 2.45) is 5.92 Å².